The van der Waals surface area contributed by atoms with E-state index >= 15 is 0 Å². The average molecular weight is 266 g/mol. The third-order valence-electron chi connectivity index (χ3n) is 3.45. The third-order valence-corrected chi connectivity index (χ3v) is 3.45. The van der Waals surface area contributed by atoms with Crippen LogP contribution < -0.4 is 5.32 Å². The van der Waals surface area contributed by atoms with Crippen LogP contribution in [0.15, 0.2) is 18.2 Å². The van der Waals surface area contributed by atoms with Gasteiger partial charge in [0.25, 0.3) is 5.69 Å². The molecule has 0 amide bonds. The fourth-order valence-electron chi connectivity index (χ4n) is 2.13. The standard InChI is InChI=1S/C12H14N2O5/c15-7-12(4-1-5-12)13-9-3-2-8(11(16)17)6-10(9)14(18)19/h2-3,6,13,15H,1,4-5,7H2,(H,16,17). The van der Waals surface area contributed by atoms with Crippen LogP contribution in [0.3, 0.4) is 0 Å². The van der Waals surface area contributed by atoms with E-state index in [9.17, 15) is 20.0 Å². The van der Waals surface area contributed by atoms with Crippen LogP contribution in [0.4, 0.5) is 11.4 Å². The lowest BCUT2D eigenvalue weighted by molar-refractivity contribution is -0.384. The van der Waals surface area contributed by atoms with Crippen LogP contribution in [0.2, 0.25) is 0 Å². The molecular formula is C12H14N2O5. The number of carbonyl (C=O) groups is 1. The number of aromatic carboxylic acids is 1. The van der Waals surface area contributed by atoms with Crippen molar-refractivity contribution in [3.63, 3.8) is 0 Å². The first-order valence-corrected chi connectivity index (χ1v) is 5.88. The number of aliphatic hydroxyl groups excluding tert-OH is 1. The number of hydrogen-bond acceptors (Lipinski definition) is 5. The lowest BCUT2D eigenvalue weighted by Crippen LogP contribution is -2.48. The number of nitrogens with one attached hydrogen (secondary N) is 1. The number of hydrogen-bond donors (Lipinski definition) is 3. The Balaban J connectivity index is 2.34. The maximum absolute atomic E-state index is 11.0. The number of carboxylic acid groups (broad SMARTS) is 1. The SMILES string of the molecule is O=C(O)c1ccc(NC2(CO)CCC2)c([N+](=O)[O-])c1. The van der Waals surface area contributed by atoms with Gasteiger partial charge in [-0.05, 0) is 31.4 Å². The molecule has 0 atom stereocenters. The molecule has 1 saturated carbocycles. The molecule has 1 fully saturated rings. The highest BCUT2D eigenvalue weighted by molar-refractivity contribution is 5.89. The summed E-state index contributed by atoms with van der Waals surface area (Å²) in [6.45, 7) is -0.106. The number of carboxylic acids is 1. The minimum atomic E-state index is -1.21. The fraction of sp³-hybridized carbons (Fsp3) is 0.417. The van der Waals surface area contributed by atoms with E-state index in [1.54, 1.807) is 0 Å². The summed E-state index contributed by atoms with van der Waals surface area (Å²) >= 11 is 0. The van der Waals surface area contributed by atoms with Gasteiger partial charge in [-0.2, -0.15) is 0 Å². The number of nitro benzene ring substituents is 1. The summed E-state index contributed by atoms with van der Waals surface area (Å²) < 4.78 is 0. The summed E-state index contributed by atoms with van der Waals surface area (Å²) in [5, 5.41) is 32.1. The third kappa shape index (κ3) is 2.50. The molecule has 1 aromatic carbocycles. The molecule has 0 radical (unpaired) electrons. The molecule has 0 unspecified atom stereocenters. The first kappa shape index (κ1) is 13.3. The van der Waals surface area contributed by atoms with Crippen molar-refractivity contribution in [3.05, 3.63) is 33.9 Å². The summed E-state index contributed by atoms with van der Waals surface area (Å²) in [5.74, 6) is -1.21. The van der Waals surface area contributed by atoms with Gasteiger partial charge in [-0.3, -0.25) is 10.1 Å². The number of anilines is 1. The van der Waals surface area contributed by atoms with E-state index in [-0.39, 0.29) is 23.5 Å². The lowest BCUT2D eigenvalue weighted by atomic mass is 9.77. The van der Waals surface area contributed by atoms with Crippen LogP contribution >= 0.6 is 0 Å². The van der Waals surface area contributed by atoms with Gasteiger partial charge in [-0.15, -0.1) is 0 Å². The second kappa shape index (κ2) is 4.85. The first-order chi connectivity index (χ1) is 8.97. The maximum Gasteiger partial charge on any atom is 0.335 e. The minimum absolute atomic E-state index is 0.106. The zero-order valence-corrected chi connectivity index (χ0v) is 10.1. The van der Waals surface area contributed by atoms with Gasteiger partial charge in [0.05, 0.1) is 22.6 Å². The van der Waals surface area contributed by atoms with Crippen molar-refractivity contribution in [2.75, 3.05) is 11.9 Å². The predicted octanol–water partition coefficient (Wildman–Crippen LogP) is 1.62. The second-order valence-corrected chi connectivity index (χ2v) is 4.71. The van der Waals surface area contributed by atoms with Crippen LogP contribution in [0, 0.1) is 10.1 Å². The Hall–Kier alpha value is -2.15. The molecule has 2 rings (SSSR count). The fourth-order valence-corrected chi connectivity index (χ4v) is 2.13. The Kier molecular flexibility index (Phi) is 3.39. The van der Waals surface area contributed by atoms with Crippen molar-refractivity contribution < 1.29 is 19.9 Å². The van der Waals surface area contributed by atoms with Gasteiger partial charge in [0.2, 0.25) is 0 Å². The monoisotopic (exact) mass is 266 g/mol. The predicted molar refractivity (Wildman–Crippen MR) is 67.3 cm³/mol. The van der Waals surface area contributed by atoms with Gasteiger partial charge < -0.3 is 15.5 Å². The largest absolute Gasteiger partial charge is 0.478 e. The molecular weight excluding hydrogens is 252 g/mol. The van der Waals surface area contributed by atoms with Gasteiger partial charge in [0.15, 0.2) is 0 Å². The molecule has 102 valence electrons. The molecule has 0 aliphatic heterocycles. The van der Waals surface area contributed by atoms with E-state index < -0.39 is 16.4 Å². The van der Waals surface area contributed by atoms with Crippen LogP contribution in [-0.2, 0) is 0 Å². The molecule has 7 heteroatoms. The zero-order valence-electron chi connectivity index (χ0n) is 10.1. The highest BCUT2D eigenvalue weighted by atomic mass is 16.6. The van der Waals surface area contributed by atoms with E-state index in [1.165, 1.54) is 12.1 Å². The molecule has 3 N–H and O–H groups in total. The number of nitrogens with zero attached hydrogens (tertiary/aromatic N) is 1. The van der Waals surface area contributed by atoms with E-state index in [2.05, 4.69) is 5.32 Å². The highest BCUT2D eigenvalue weighted by Crippen LogP contribution is 2.37. The van der Waals surface area contributed by atoms with Crippen molar-refractivity contribution >= 4 is 17.3 Å². The van der Waals surface area contributed by atoms with Crippen LogP contribution in [0.25, 0.3) is 0 Å². The lowest BCUT2D eigenvalue weighted by Gasteiger charge is -2.41. The summed E-state index contributed by atoms with van der Waals surface area (Å²) in [7, 11) is 0. The Bertz CT molecular complexity index is 519. The number of rotatable bonds is 5. The second-order valence-electron chi connectivity index (χ2n) is 4.71. The Morgan fingerprint density at radius 1 is 1.47 bits per heavy atom. The smallest absolute Gasteiger partial charge is 0.335 e. The van der Waals surface area contributed by atoms with Gasteiger partial charge in [-0.25, -0.2) is 4.79 Å². The molecule has 0 aromatic heterocycles. The maximum atomic E-state index is 11.0. The van der Waals surface area contributed by atoms with Gasteiger partial charge >= 0.3 is 5.97 Å². The Labute approximate surface area is 109 Å². The summed E-state index contributed by atoms with van der Waals surface area (Å²) in [6.07, 6.45) is 2.43. The highest BCUT2D eigenvalue weighted by Gasteiger charge is 2.37. The molecule has 7 nitrogen and oxygen atoms in total. The Morgan fingerprint density at radius 3 is 2.58 bits per heavy atom. The van der Waals surface area contributed by atoms with Crippen molar-refractivity contribution in [1.29, 1.82) is 0 Å². The normalized spacial score (nSPS) is 16.5. The molecule has 0 spiro atoms. The van der Waals surface area contributed by atoms with Gasteiger partial charge in [0.1, 0.15) is 5.69 Å². The molecule has 0 heterocycles. The van der Waals surface area contributed by atoms with Crippen molar-refractivity contribution in [3.8, 4) is 0 Å². The van der Waals surface area contributed by atoms with Crippen LogP contribution in [0.5, 0.6) is 0 Å². The van der Waals surface area contributed by atoms with E-state index in [0.29, 0.717) is 0 Å². The van der Waals surface area contributed by atoms with E-state index in [1.807, 2.05) is 0 Å². The van der Waals surface area contributed by atoms with Crippen molar-refractivity contribution in [2.45, 2.75) is 24.8 Å². The summed E-state index contributed by atoms with van der Waals surface area (Å²) in [6, 6.07) is 3.70. The Morgan fingerprint density at radius 2 is 2.16 bits per heavy atom. The molecule has 1 aliphatic rings. The minimum Gasteiger partial charge on any atom is -0.478 e. The van der Waals surface area contributed by atoms with E-state index in [4.69, 9.17) is 5.11 Å². The number of nitro groups is 1. The molecule has 1 aromatic rings. The topological polar surface area (TPSA) is 113 Å². The number of aliphatic hydroxyl groups is 1. The first-order valence-electron chi connectivity index (χ1n) is 5.88. The van der Waals surface area contributed by atoms with Gasteiger partial charge in [0, 0.05) is 6.07 Å². The average Bonchev–Trinajstić information content (AvgIpc) is 2.33. The van der Waals surface area contributed by atoms with Gasteiger partial charge in [-0.1, -0.05) is 0 Å². The molecule has 0 bridgehead atoms. The van der Waals surface area contributed by atoms with Crippen LogP contribution in [-0.4, -0.2) is 33.3 Å². The van der Waals surface area contributed by atoms with Crippen molar-refractivity contribution in [1.82, 2.24) is 0 Å². The zero-order chi connectivity index (χ0) is 14.0. The molecule has 0 saturated heterocycles. The molecule has 1 aliphatic carbocycles. The van der Waals surface area contributed by atoms with Crippen LogP contribution in [0.1, 0.15) is 29.6 Å². The summed E-state index contributed by atoms with van der Waals surface area (Å²) in [4.78, 5) is 21.2. The molecule has 19 heavy (non-hydrogen) atoms. The van der Waals surface area contributed by atoms with E-state index in [0.717, 1.165) is 25.3 Å². The number of benzene rings is 1. The summed E-state index contributed by atoms with van der Waals surface area (Å²) in [5.41, 5.74) is -0.706. The quantitative estimate of drug-likeness (QED) is 0.551. The van der Waals surface area contributed by atoms with Crippen molar-refractivity contribution in [2.24, 2.45) is 0 Å².